The average Bonchev–Trinajstić information content (AvgIpc) is 2.83. The number of nitrogens with one attached hydrogen (secondary N) is 1. The highest BCUT2D eigenvalue weighted by molar-refractivity contribution is 6.20. The van der Waals surface area contributed by atoms with E-state index in [0.29, 0.717) is 28.4 Å². The quantitative estimate of drug-likeness (QED) is 0.258. The molecule has 174 valence electrons. The van der Waals surface area contributed by atoms with E-state index >= 15 is 0 Å². The molecule has 0 aliphatic carbocycles. The fraction of sp³-hybridized carbons (Fsp3) is 0.115. The highest BCUT2D eigenvalue weighted by Crippen LogP contribution is 2.34. The lowest BCUT2D eigenvalue weighted by molar-refractivity contribution is -0.130. The van der Waals surface area contributed by atoms with Crippen molar-refractivity contribution in [1.82, 2.24) is 9.97 Å². The second kappa shape index (κ2) is 10.7. The largest absolute Gasteiger partial charge is 0.493 e. The number of fused-ring (bicyclic) bond motifs is 1. The van der Waals surface area contributed by atoms with E-state index in [-0.39, 0.29) is 18.0 Å². The monoisotopic (exact) mass is 477 g/mol. The molecule has 0 aliphatic rings. The average molecular weight is 478 g/mol. The molecule has 4 rings (SSSR count). The first-order valence-corrected chi connectivity index (χ1v) is 10.2. The number of aromatic nitrogens is 2. The van der Waals surface area contributed by atoms with E-state index in [1.807, 2.05) is 49.4 Å². The van der Waals surface area contributed by atoms with Crippen molar-refractivity contribution in [3.8, 4) is 11.5 Å². The van der Waals surface area contributed by atoms with Gasteiger partial charge in [0.1, 0.15) is 12.1 Å². The van der Waals surface area contributed by atoms with Crippen molar-refractivity contribution in [1.29, 1.82) is 0 Å². The number of ether oxygens (including phenoxy) is 2. The maximum Gasteiger partial charge on any atom is 0.336 e. The Bertz CT molecular complexity index is 1340. The van der Waals surface area contributed by atoms with Gasteiger partial charge in [-0.3, -0.25) is 0 Å². The van der Waals surface area contributed by atoms with Gasteiger partial charge < -0.3 is 19.9 Å². The molecule has 1 aromatic heterocycles. The van der Waals surface area contributed by atoms with Gasteiger partial charge in [0.15, 0.2) is 11.5 Å². The Morgan fingerprint density at radius 3 is 2.21 bits per heavy atom. The second-order valence-electron chi connectivity index (χ2n) is 7.42. The number of rotatable bonds is 7. The van der Waals surface area contributed by atoms with Crippen LogP contribution >= 0.6 is 12.4 Å². The fourth-order valence-electron chi connectivity index (χ4n) is 3.45. The van der Waals surface area contributed by atoms with Crippen LogP contribution in [0.3, 0.4) is 0 Å². The van der Waals surface area contributed by atoms with Gasteiger partial charge in [-0.15, -0.1) is 12.4 Å². The lowest BCUT2D eigenvalue weighted by atomic mass is 10.0. The summed E-state index contributed by atoms with van der Waals surface area (Å²) in [6.07, 6.45) is 3.14. The number of methoxy groups -OCH3 is 2. The van der Waals surface area contributed by atoms with Gasteiger partial charge >= 0.3 is 5.97 Å². The van der Waals surface area contributed by atoms with Gasteiger partial charge in [0.2, 0.25) is 0 Å². The predicted molar refractivity (Wildman–Crippen MR) is 136 cm³/mol. The third-order valence-corrected chi connectivity index (χ3v) is 5.22. The van der Waals surface area contributed by atoms with E-state index in [2.05, 4.69) is 15.3 Å². The number of halogens is 1. The van der Waals surface area contributed by atoms with Crippen LogP contribution in [-0.4, -0.2) is 35.3 Å². The molecule has 0 fully saturated rings. The highest BCUT2D eigenvalue weighted by atomic mass is 35.5. The van der Waals surface area contributed by atoms with Gasteiger partial charge in [-0.1, -0.05) is 42.0 Å². The Kier molecular flexibility index (Phi) is 7.71. The third-order valence-electron chi connectivity index (χ3n) is 5.22. The number of hydrogen-bond acceptors (Lipinski definition) is 6. The van der Waals surface area contributed by atoms with Gasteiger partial charge in [0, 0.05) is 17.1 Å². The minimum absolute atomic E-state index is 0. The minimum Gasteiger partial charge on any atom is -0.493 e. The van der Waals surface area contributed by atoms with Gasteiger partial charge in [-0.05, 0) is 42.3 Å². The van der Waals surface area contributed by atoms with Crippen molar-refractivity contribution in [2.75, 3.05) is 19.5 Å². The second-order valence-corrected chi connectivity index (χ2v) is 7.42. The Morgan fingerprint density at radius 2 is 1.59 bits per heavy atom. The summed E-state index contributed by atoms with van der Waals surface area (Å²) >= 11 is 0. The van der Waals surface area contributed by atoms with Crippen LogP contribution in [0.2, 0.25) is 0 Å². The van der Waals surface area contributed by atoms with Crippen molar-refractivity contribution in [2.45, 2.75) is 6.92 Å². The SMILES string of the molecule is COc1cc2ncnc(Nc3ccc(/C(=C\c4ccc(C)cc4)C(=O)O)cc3)c2cc1OC.Cl. The topological polar surface area (TPSA) is 93.6 Å². The molecule has 4 aromatic rings. The molecule has 0 atom stereocenters. The van der Waals surface area contributed by atoms with E-state index < -0.39 is 5.97 Å². The van der Waals surface area contributed by atoms with Crippen LogP contribution in [-0.2, 0) is 4.79 Å². The number of carboxylic acid groups (broad SMARTS) is 1. The summed E-state index contributed by atoms with van der Waals surface area (Å²) in [7, 11) is 3.15. The van der Waals surface area contributed by atoms with Crippen molar-refractivity contribution >= 4 is 52.4 Å². The number of benzene rings is 3. The maximum absolute atomic E-state index is 11.9. The minimum atomic E-state index is -0.987. The molecule has 0 aliphatic heterocycles. The maximum atomic E-state index is 11.9. The summed E-state index contributed by atoms with van der Waals surface area (Å²) in [6, 6.07) is 18.5. The summed E-state index contributed by atoms with van der Waals surface area (Å²) in [5.41, 5.74) is 4.23. The van der Waals surface area contributed by atoms with Crippen LogP contribution in [0.15, 0.2) is 67.0 Å². The van der Waals surface area contributed by atoms with Crippen LogP contribution < -0.4 is 14.8 Å². The smallest absolute Gasteiger partial charge is 0.336 e. The predicted octanol–water partition coefficient (Wildman–Crippen LogP) is 5.75. The van der Waals surface area contributed by atoms with Crippen LogP contribution in [0.1, 0.15) is 16.7 Å². The first-order chi connectivity index (χ1) is 16.0. The molecule has 3 aromatic carbocycles. The molecule has 0 unspecified atom stereocenters. The molecule has 1 heterocycles. The molecule has 0 saturated carbocycles. The summed E-state index contributed by atoms with van der Waals surface area (Å²) in [5.74, 6) is 0.771. The lowest BCUT2D eigenvalue weighted by Gasteiger charge is -2.12. The van der Waals surface area contributed by atoms with Gasteiger partial charge in [0.05, 0.1) is 25.3 Å². The first-order valence-electron chi connectivity index (χ1n) is 10.2. The lowest BCUT2D eigenvalue weighted by Crippen LogP contribution is -2.01. The fourth-order valence-corrected chi connectivity index (χ4v) is 3.45. The Morgan fingerprint density at radius 1 is 0.941 bits per heavy atom. The Hall–Kier alpha value is -4.10. The first kappa shape index (κ1) is 24.5. The van der Waals surface area contributed by atoms with E-state index in [1.54, 1.807) is 38.5 Å². The molecule has 34 heavy (non-hydrogen) atoms. The molecule has 2 N–H and O–H groups in total. The van der Waals surface area contributed by atoms with Crippen molar-refractivity contribution < 1.29 is 19.4 Å². The van der Waals surface area contributed by atoms with E-state index in [9.17, 15) is 9.90 Å². The Labute approximate surface area is 203 Å². The van der Waals surface area contributed by atoms with E-state index in [0.717, 1.165) is 22.2 Å². The Balaban J connectivity index is 0.00000324. The number of aliphatic carboxylic acids is 1. The molecule has 8 heteroatoms. The van der Waals surface area contributed by atoms with Crippen molar-refractivity contribution in [2.24, 2.45) is 0 Å². The number of nitrogens with zero attached hydrogens (tertiary/aromatic N) is 2. The summed E-state index contributed by atoms with van der Waals surface area (Å²) < 4.78 is 10.7. The molecule has 0 amide bonds. The van der Waals surface area contributed by atoms with Gasteiger partial charge in [-0.2, -0.15) is 0 Å². The summed E-state index contributed by atoms with van der Waals surface area (Å²) in [5, 5.41) is 13.8. The summed E-state index contributed by atoms with van der Waals surface area (Å²) in [4.78, 5) is 20.6. The van der Waals surface area contributed by atoms with Crippen molar-refractivity contribution in [3.05, 3.63) is 83.7 Å². The van der Waals surface area contributed by atoms with E-state index in [4.69, 9.17) is 9.47 Å². The normalized spacial score (nSPS) is 11.0. The highest BCUT2D eigenvalue weighted by Gasteiger charge is 2.13. The van der Waals surface area contributed by atoms with Crippen LogP contribution in [0.4, 0.5) is 11.5 Å². The van der Waals surface area contributed by atoms with E-state index in [1.165, 1.54) is 6.33 Å². The molecular weight excluding hydrogens is 454 g/mol. The van der Waals surface area contributed by atoms with Gasteiger partial charge in [0.25, 0.3) is 0 Å². The van der Waals surface area contributed by atoms with Crippen LogP contribution in [0.5, 0.6) is 11.5 Å². The third kappa shape index (κ3) is 5.27. The summed E-state index contributed by atoms with van der Waals surface area (Å²) in [6.45, 7) is 1.99. The number of hydrogen-bond donors (Lipinski definition) is 2. The molecule has 0 radical (unpaired) electrons. The number of anilines is 2. The number of carbonyl (C=O) groups is 1. The molecule has 0 spiro atoms. The number of carboxylic acids is 1. The zero-order chi connectivity index (χ0) is 23.4. The van der Waals surface area contributed by atoms with Crippen LogP contribution in [0, 0.1) is 6.92 Å². The van der Waals surface area contributed by atoms with Crippen molar-refractivity contribution in [3.63, 3.8) is 0 Å². The zero-order valence-electron chi connectivity index (χ0n) is 18.9. The molecule has 7 nitrogen and oxygen atoms in total. The molecular formula is C26H24ClN3O4. The van der Waals surface area contributed by atoms with Crippen LogP contribution in [0.25, 0.3) is 22.6 Å². The number of aryl methyl sites for hydroxylation is 1. The van der Waals surface area contributed by atoms with Gasteiger partial charge in [-0.25, -0.2) is 14.8 Å². The standard InChI is InChI=1S/C26H23N3O4.ClH/c1-16-4-6-17(7-5-16)12-20(26(30)31)18-8-10-19(11-9-18)29-25-21-13-23(32-2)24(33-3)14-22(21)27-15-28-25;/h4-15H,1-3H3,(H,30,31)(H,27,28,29);1H/b20-12+;. The zero-order valence-corrected chi connectivity index (χ0v) is 19.7. The molecule has 0 bridgehead atoms. The molecule has 0 saturated heterocycles.